The number of hydrogen-bond donors (Lipinski definition) is 0. The van der Waals surface area contributed by atoms with Crippen molar-refractivity contribution in [1.82, 2.24) is 14.7 Å². The van der Waals surface area contributed by atoms with E-state index in [9.17, 15) is 4.79 Å². The highest BCUT2D eigenvalue weighted by molar-refractivity contribution is 6.00. The Kier molecular flexibility index (Phi) is 5.38. The van der Waals surface area contributed by atoms with Crippen molar-refractivity contribution in [2.24, 2.45) is 13.0 Å². The molecule has 2 aromatic rings. The van der Waals surface area contributed by atoms with Gasteiger partial charge in [-0.15, -0.1) is 0 Å². The van der Waals surface area contributed by atoms with Gasteiger partial charge in [0.25, 0.3) is 0 Å². The molecule has 0 saturated carbocycles. The highest BCUT2D eigenvalue weighted by Crippen LogP contribution is 2.29. The molecule has 1 aromatic heterocycles. The lowest BCUT2D eigenvalue weighted by molar-refractivity contribution is 0.0808. The topological polar surface area (TPSA) is 56.6 Å². The zero-order valence-corrected chi connectivity index (χ0v) is 15.1. The summed E-state index contributed by atoms with van der Waals surface area (Å²) in [4.78, 5) is 15.3. The van der Waals surface area contributed by atoms with Crippen molar-refractivity contribution in [3.63, 3.8) is 0 Å². The maximum Gasteiger partial charge on any atom is 0.170 e. The van der Waals surface area contributed by atoms with E-state index in [4.69, 9.17) is 9.47 Å². The maximum absolute atomic E-state index is 13.0. The van der Waals surface area contributed by atoms with Crippen LogP contribution in [0.15, 0.2) is 30.6 Å². The Morgan fingerprint density at radius 2 is 2.16 bits per heavy atom. The Balaban J connectivity index is 1.71. The Bertz CT molecular complexity index is 741. The van der Waals surface area contributed by atoms with E-state index >= 15 is 0 Å². The van der Waals surface area contributed by atoms with Crippen LogP contribution < -0.4 is 9.47 Å². The van der Waals surface area contributed by atoms with Crippen LogP contribution >= 0.6 is 0 Å². The molecule has 0 spiro atoms. The molecule has 2 heterocycles. The fourth-order valence-electron chi connectivity index (χ4n) is 3.45. The molecule has 1 saturated heterocycles. The summed E-state index contributed by atoms with van der Waals surface area (Å²) < 4.78 is 12.4. The van der Waals surface area contributed by atoms with Gasteiger partial charge in [0.15, 0.2) is 5.78 Å². The van der Waals surface area contributed by atoms with Crippen LogP contribution in [0.25, 0.3) is 0 Å². The van der Waals surface area contributed by atoms with E-state index in [0.29, 0.717) is 17.1 Å². The number of aryl methyl sites for hydroxylation is 1. The SMILES string of the molecule is COc1ccc(C(=O)[C@H]2CCCN(Cc3cnn(C)c3)C2)c(OC)c1. The molecule has 1 fully saturated rings. The Labute approximate surface area is 148 Å². The molecule has 1 aliphatic rings. The third-order valence-corrected chi connectivity index (χ3v) is 4.71. The number of Topliss-reactive ketones (excluding diaryl/α,β-unsaturated/α-hetero) is 1. The van der Waals surface area contributed by atoms with E-state index in [1.165, 1.54) is 5.56 Å². The van der Waals surface area contributed by atoms with Crippen LogP contribution in [0.2, 0.25) is 0 Å². The first kappa shape index (κ1) is 17.5. The van der Waals surface area contributed by atoms with Gasteiger partial charge in [0, 0.05) is 43.9 Å². The van der Waals surface area contributed by atoms with Crippen molar-refractivity contribution in [1.29, 1.82) is 0 Å². The molecule has 6 nitrogen and oxygen atoms in total. The normalized spacial score (nSPS) is 18.1. The number of ether oxygens (including phenoxy) is 2. The molecule has 134 valence electrons. The standard InChI is InChI=1S/C19H25N3O3/c1-21-11-14(10-20-21)12-22-8-4-5-15(13-22)19(23)17-7-6-16(24-2)9-18(17)25-3/h6-7,9-11,15H,4-5,8,12-13H2,1-3H3/t15-/m0/s1. The second kappa shape index (κ2) is 7.70. The molecule has 0 unspecified atom stereocenters. The minimum atomic E-state index is -0.00674. The minimum Gasteiger partial charge on any atom is -0.497 e. The molecule has 0 bridgehead atoms. The molecular weight excluding hydrogens is 318 g/mol. The molecule has 0 amide bonds. The summed E-state index contributed by atoms with van der Waals surface area (Å²) in [6, 6.07) is 5.38. The van der Waals surface area contributed by atoms with Crippen LogP contribution in [-0.2, 0) is 13.6 Å². The zero-order valence-electron chi connectivity index (χ0n) is 15.1. The fourth-order valence-corrected chi connectivity index (χ4v) is 3.45. The monoisotopic (exact) mass is 343 g/mol. The van der Waals surface area contributed by atoms with Crippen molar-refractivity contribution in [2.75, 3.05) is 27.3 Å². The van der Waals surface area contributed by atoms with Gasteiger partial charge in [-0.05, 0) is 31.5 Å². The lowest BCUT2D eigenvalue weighted by Gasteiger charge is -2.31. The molecule has 0 radical (unpaired) electrons. The second-order valence-corrected chi connectivity index (χ2v) is 6.53. The number of piperidine rings is 1. The van der Waals surface area contributed by atoms with Crippen molar-refractivity contribution in [3.05, 3.63) is 41.7 Å². The lowest BCUT2D eigenvalue weighted by Crippen LogP contribution is -2.38. The van der Waals surface area contributed by atoms with Crippen molar-refractivity contribution in [2.45, 2.75) is 19.4 Å². The van der Waals surface area contributed by atoms with Gasteiger partial charge >= 0.3 is 0 Å². The van der Waals surface area contributed by atoms with Gasteiger partial charge in [-0.2, -0.15) is 5.10 Å². The number of nitrogens with zero attached hydrogens (tertiary/aromatic N) is 3. The van der Waals surface area contributed by atoms with E-state index in [1.807, 2.05) is 30.2 Å². The Morgan fingerprint density at radius 3 is 2.84 bits per heavy atom. The maximum atomic E-state index is 13.0. The van der Waals surface area contributed by atoms with Gasteiger partial charge in [0.05, 0.1) is 26.0 Å². The zero-order chi connectivity index (χ0) is 17.8. The molecule has 1 aromatic carbocycles. The van der Waals surface area contributed by atoms with Gasteiger partial charge in [-0.3, -0.25) is 14.4 Å². The predicted molar refractivity (Wildman–Crippen MR) is 95.1 cm³/mol. The number of carbonyl (C=O) groups excluding carboxylic acids is 1. The average molecular weight is 343 g/mol. The predicted octanol–water partition coefficient (Wildman–Crippen LogP) is 2.53. The van der Waals surface area contributed by atoms with Crippen LogP contribution in [0.3, 0.4) is 0 Å². The van der Waals surface area contributed by atoms with Crippen molar-refractivity contribution in [3.8, 4) is 11.5 Å². The van der Waals surface area contributed by atoms with Crippen molar-refractivity contribution < 1.29 is 14.3 Å². The van der Waals surface area contributed by atoms with Gasteiger partial charge in [-0.1, -0.05) is 0 Å². The summed E-state index contributed by atoms with van der Waals surface area (Å²) in [5.74, 6) is 1.41. The van der Waals surface area contributed by atoms with Crippen LogP contribution in [0.5, 0.6) is 11.5 Å². The number of carbonyl (C=O) groups is 1. The number of benzene rings is 1. The number of rotatable bonds is 6. The molecule has 1 atom stereocenters. The summed E-state index contributed by atoms with van der Waals surface area (Å²) in [5.41, 5.74) is 1.81. The highest BCUT2D eigenvalue weighted by Gasteiger charge is 2.28. The minimum absolute atomic E-state index is 0.00674. The van der Waals surface area contributed by atoms with E-state index in [1.54, 1.807) is 26.4 Å². The van der Waals surface area contributed by atoms with E-state index < -0.39 is 0 Å². The quantitative estimate of drug-likeness (QED) is 0.755. The molecule has 25 heavy (non-hydrogen) atoms. The number of likely N-dealkylation sites (tertiary alicyclic amines) is 1. The summed E-state index contributed by atoms with van der Waals surface area (Å²) in [6.45, 7) is 2.61. The molecule has 3 rings (SSSR count). The van der Waals surface area contributed by atoms with Gasteiger partial charge < -0.3 is 9.47 Å². The molecule has 0 N–H and O–H groups in total. The molecule has 6 heteroatoms. The first-order valence-corrected chi connectivity index (χ1v) is 8.57. The molecular formula is C19H25N3O3. The Hall–Kier alpha value is -2.34. The van der Waals surface area contributed by atoms with Crippen LogP contribution in [0.4, 0.5) is 0 Å². The summed E-state index contributed by atoms with van der Waals surface area (Å²) in [6.07, 6.45) is 5.85. The summed E-state index contributed by atoms with van der Waals surface area (Å²) in [7, 11) is 5.11. The smallest absolute Gasteiger partial charge is 0.170 e. The van der Waals surface area contributed by atoms with E-state index in [0.717, 1.165) is 32.5 Å². The van der Waals surface area contributed by atoms with Crippen molar-refractivity contribution >= 4 is 5.78 Å². The van der Waals surface area contributed by atoms with E-state index in [-0.39, 0.29) is 11.7 Å². The Morgan fingerprint density at radius 1 is 1.32 bits per heavy atom. The largest absolute Gasteiger partial charge is 0.497 e. The third-order valence-electron chi connectivity index (χ3n) is 4.71. The molecule has 1 aliphatic heterocycles. The molecule has 0 aliphatic carbocycles. The number of aromatic nitrogens is 2. The van der Waals surface area contributed by atoms with Crippen LogP contribution in [0.1, 0.15) is 28.8 Å². The van der Waals surface area contributed by atoms with Gasteiger partial charge in [-0.25, -0.2) is 0 Å². The first-order valence-electron chi connectivity index (χ1n) is 8.57. The first-order chi connectivity index (χ1) is 12.1. The second-order valence-electron chi connectivity index (χ2n) is 6.53. The third kappa shape index (κ3) is 4.02. The fraction of sp³-hybridized carbons (Fsp3) is 0.474. The van der Waals surface area contributed by atoms with Gasteiger partial charge in [0.1, 0.15) is 11.5 Å². The number of methoxy groups -OCH3 is 2. The average Bonchev–Trinajstić information content (AvgIpc) is 3.05. The lowest BCUT2D eigenvalue weighted by atomic mass is 9.89. The van der Waals surface area contributed by atoms with Crippen LogP contribution in [0, 0.1) is 5.92 Å². The number of hydrogen-bond acceptors (Lipinski definition) is 5. The van der Waals surface area contributed by atoms with E-state index in [2.05, 4.69) is 10.00 Å². The van der Waals surface area contributed by atoms with Gasteiger partial charge in [0.2, 0.25) is 0 Å². The van der Waals surface area contributed by atoms with Crippen LogP contribution in [-0.4, -0.2) is 47.8 Å². The highest BCUT2D eigenvalue weighted by atomic mass is 16.5. The number of ketones is 1. The summed E-state index contributed by atoms with van der Waals surface area (Å²) >= 11 is 0. The summed E-state index contributed by atoms with van der Waals surface area (Å²) in [5, 5.41) is 4.22.